The number of azo groups is 2. The number of fused-ring (bicyclic) bond motifs is 2. The van der Waals surface area contributed by atoms with Gasteiger partial charge in [0.25, 0.3) is 20.2 Å². The minimum atomic E-state index is -5.14. The van der Waals surface area contributed by atoms with Crippen LogP contribution in [0.1, 0.15) is 0 Å². The number of urea groups is 1. The van der Waals surface area contributed by atoms with Crippen molar-refractivity contribution >= 4 is 114 Å². The molecular weight excluding hydrogens is 969 g/mol. The van der Waals surface area contributed by atoms with Crippen molar-refractivity contribution in [3.63, 3.8) is 0 Å². The van der Waals surface area contributed by atoms with Gasteiger partial charge in [-0.1, -0.05) is 23.6 Å². The second kappa shape index (κ2) is 21.8. The van der Waals surface area contributed by atoms with Crippen molar-refractivity contribution in [2.24, 2.45) is 20.5 Å². The van der Waals surface area contributed by atoms with Crippen molar-refractivity contribution < 1.29 is 185 Å². The molecule has 0 aliphatic carbocycles. The number of nitrogens with zero attached hydrogens (tertiary/aromatic N) is 4. The summed E-state index contributed by atoms with van der Waals surface area (Å²) >= 11 is 0. The van der Waals surface area contributed by atoms with Crippen LogP contribution in [0.2, 0.25) is 0 Å². The third-order valence-corrected chi connectivity index (χ3v) is 11.6. The van der Waals surface area contributed by atoms with Crippen molar-refractivity contribution in [1.29, 1.82) is 0 Å². The standard InChI is InChI=1S/C33H26N8O15S4.4Na/c34-29-25(59(51,52)53)11-15-9-21(57(45,46)47)13-23(42)27(15)31(29)40-38-19-5-1-17(2-6-19)36-33(44)37-18-3-7-20(8-4-18)39-41-32-28-16(12-26(30(32)35)60(54,55)56)10-22(14-24(28)43)58(48,49)50;;;;/h1-14,42-43H,34-35H2,(H2,36,37,44)(H,45,46,47)(H,48,49,50)(H,51,52,53)(H,54,55,56);;;;/q;4*+1/p-4. The number of carbonyl (C=O) groups is 1. The topological polar surface area (TPSA) is 412 Å². The molecule has 0 fully saturated rings. The number of carbonyl (C=O) groups excluding carboxylic acids is 1. The zero-order valence-corrected chi connectivity index (χ0v) is 44.6. The summed E-state index contributed by atoms with van der Waals surface area (Å²) in [4.78, 5) is 8.91. The summed E-state index contributed by atoms with van der Waals surface area (Å²) < 4.78 is 136. The van der Waals surface area contributed by atoms with Crippen molar-refractivity contribution in [2.75, 3.05) is 22.1 Å². The van der Waals surface area contributed by atoms with Gasteiger partial charge < -0.3 is 41.4 Å². The number of hydrogen-bond acceptors (Lipinski definition) is 19. The van der Waals surface area contributed by atoms with E-state index in [2.05, 4.69) is 31.1 Å². The van der Waals surface area contributed by atoms with Crippen LogP contribution in [0.5, 0.6) is 11.5 Å². The molecule has 0 aromatic heterocycles. The number of benzene rings is 6. The van der Waals surface area contributed by atoms with Crippen molar-refractivity contribution in [2.45, 2.75) is 19.6 Å². The number of amides is 2. The van der Waals surface area contributed by atoms with Gasteiger partial charge in [-0.15, -0.1) is 10.2 Å². The quantitative estimate of drug-likeness (QED) is 0.0321. The molecule has 0 atom stereocenters. The second-order valence-corrected chi connectivity index (χ2v) is 17.8. The van der Waals surface area contributed by atoms with Gasteiger partial charge in [-0.2, -0.15) is 27.1 Å². The SMILES string of the molecule is Nc1c(S(=O)(=O)O)cc2cc(S(=O)(=O)[O-])cc([O-])c2c1N=Nc1ccc(NC(=O)Nc2ccc(N=Nc3c(N)c(S(=O)(=O)O)cc4cc(S(=O)(=O)[O-])cc([O-])c34)cc2)cc1.[Na+].[Na+].[Na+].[Na+]. The largest absolute Gasteiger partial charge is 1.00 e. The van der Waals surface area contributed by atoms with Gasteiger partial charge in [0.05, 0.1) is 32.5 Å². The summed E-state index contributed by atoms with van der Waals surface area (Å²) in [5.41, 5.74) is 9.90. The van der Waals surface area contributed by atoms with Crippen LogP contribution in [0, 0.1) is 0 Å². The Morgan fingerprint density at radius 3 is 1.11 bits per heavy atom. The first-order valence-electron chi connectivity index (χ1n) is 15.9. The zero-order chi connectivity index (χ0) is 44.1. The summed E-state index contributed by atoms with van der Waals surface area (Å²) in [7, 11) is -20.4. The maximum Gasteiger partial charge on any atom is 1.00 e. The molecule has 0 heterocycles. The van der Waals surface area contributed by atoms with Gasteiger partial charge in [0.1, 0.15) is 41.4 Å². The van der Waals surface area contributed by atoms with Crippen LogP contribution in [-0.4, -0.2) is 57.9 Å². The van der Waals surface area contributed by atoms with Crippen molar-refractivity contribution in [3.05, 3.63) is 84.9 Å². The summed E-state index contributed by atoms with van der Waals surface area (Å²) in [5.74, 6) is -2.12. The van der Waals surface area contributed by atoms with Crippen molar-refractivity contribution in [3.8, 4) is 11.5 Å². The van der Waals surface area contributed by atoms with E-state index in [1.54, 1.807) is 0 Å². The number of anilines is 4. The first kappa shape index (κ1) is 57.3. The van der Waals surface area contributed by atoms with Gasteiger partial charge in [-0.25, -0.2) is 21.6 Å². The van der Waals surface area contributed by atoms with E-state index in [0.29, 0.717) is 36.4 Å². The fourth-order valence-electron chi connectivity index (χ4n) is 5.55. The van der Waals surface area contributed by atoms with Crippen molar-refractivity contribution in [1.82, 2.24) is 0 Å². The molecule has 0 unspecified atom stereocenters. The zero-order valence-electron chi connectivity index (χ0n) is 33.4. The third-order valence-electron chi connectivity index (χ3n) is 8.21. The molecule has 0 saturated carbocycles. The van der Waals surface area contributed by atoms with Crippen LogP contribution in [0.4, 0.5) is 50.3 Å². The van der Waals surface area contributed by atoms with Gasteiger partial charge in [-0.05, 0) is 83.6 Å². The Morgan fingerprint density at radius 2 is 0.828 bits per heavy atom. The molecule has 6 aromatic rings. The summed E-state index contributed by atoms with van der Waals surface area (Å²) in [6.45, 7) is 0. The number of nitrogens with two attached hydrogens (primary N) is 2. The molecule has 0 aliphatic heterocycles. The molecule has 0 spiro atoms. The van der Waals surface area contributed by atoms with Gasteiger partial charge in [0, 0.05) is 22.1 Å². The molecule has 6 aromatic carbocycles. The van der Waals surface area contributed by atoms with E-state index in [-0.39, 0.29) is 141 Å². The van der Waals surface area contributed by atoms with Crippen LogP contribution in [0.25, 0.3) is 21.5 Å². The van der Waals surface area contributed by atoms with Gasteiger partial charge >= 0.3 is 124 Å². The predicted octanol–water partition coefficient (Wildman–Crippen LogP) is -7.90. The second-order valence-electron chi connectivity index (χ2n) is 12.2. The molecular formula is C33H22N8Na4O15S4. The maximum atomic E-state index is 12.8. The smallest absolute Gasteiger partial charge is 0.872 e. The molecule has 6 rings (SSSR count). The molecule has 64 heavy (non-hydrogen) atoms. The number of nitrogens with one attached hydrogen (secondary N) is 2. The van der Waals surface area contributed by atoms with Crippen LogP contribution in [0.3, 0.4) is 0 Å². The Hall–Kier alpha value is -2.85. The fourth-order valence-corrected chi connectivity index (χ4v) is 7.90. The Balaban J connectivity index is 0.00000352. The molecule has 0 aliphatic rings. The summed E-state index contributed by atoms with van der Waals surface area (Å²) in [5, 5.41) is 44.7. The molecule has 31 heteroatoms. The van der Waals surface area contributed by atoms with E-state index in [0.717, 1.165) is 0 Å². The van der Waals surface area contributed by atoms with E-state index in [4.69, 9.17) is 11.5 Å². The van der Waals surface area contributed by atoms with E-state index in [1.807, 2.05) is 0 Å². The van der Waals surface area contributed by atoms with E-state index >= 15 is 0 Å². The molecule has 0 bridgehead atoms. The minimum absolute atomic E-state index is 0. The molecule has 312 valence electrons. The normalized spacial score (nSPS) is 11.9. The predicted molar refractivity (Wildman–Crippen MR) is 205 cm³/mol. The van der Waals surface area contributed by atoms with Crippen LogP contribution >= 0.6 is 0 Å². The van der Waals surface area contributed by atoms with Gasteiger partial charge in [0.2, 0.25) is 0 Å². The summed E-state index contributed by atoms with van der Waals surface area (Å²) in [6, 6.07) is 13.9. The average molecular weight is 991 g/mol. The Kier molecular flexibility index (Phi) is 19.6. The first-order valence-corrected chi connectivity index (χ1v) is 21.6. The number of hydrogen-bond donors (Lipinski definition) is 6. The number of nitrogen functional groups attached to an aromatic ring is 2. The van der Waals surface area contributed by atoms with E-state index in [1.165, 1.54) is 48.5 Å². The maximum absolute atomic E-state index is 12.8. The molecule has 23 nitrogen and oxygen atoms in total. The van der Waals surface area contributed by atoms with Gasteiger partial charge in [-0.3, -0.25) is 9.11 Å². The molecule has 0 saturated heterocycles. The Bertz CT molecular complexity index is 3110. The fraction of sp³-hybridized carbons (Fsp3) is 0. The summed E-state index contributed by atoms with van der Waals surface area (Å²) in [6.07, 6.45) is 0. The Morgan fingerprint density at radius 1 is 0.516 bits per heavy atom. The monoisotopic (exact) mass is 990 g/mol. The number of rotatable bonds is 10. The van der Waals surface area contributed by atoms with E-state index in [9.17, 15) is 66.9 Å². The molecule has 8 N–H and O–H groups in total. The van der Waals surface area contributed by atoms with Gasteiger partial charge in [0.15, 0.2) is 0 Å². The third kappa shape index (κ3) is 13.2. The molecule has 0 radical (unpaired) electrons. The van der Waals surface area contributed by atoms with Crippen LogP contribution < -0.4 is 151 Å². The molecule has 2 amide bonds. The first-order chi connectivity index (χ1) is 27.8. The van der Waals surface area contributed by atoms with Crippen LogP contribution in [0.15, 0.2) is 125 Å². The average Bonchev–Trinajstić information content (AvgIpc) is 3.13. The Labute approximate surface area is 451 Å². The minimum Gasteiger partial charge on any atom is -0.872 e. The van der Waals surface area contributed by atoms with E-state index < -0.39 is 122 Å². The van der Waals surface area contributed by atoms with Crippen LogP contribution in [-0.2, 0) is 40.5 Å².